The number of hydrogen-bond acceptors (Lipinski definition) is 2. The summed E-state index contributed by atoms with van der Waals surface area (Å²) in [7, 11) is 0.104. The van der Waals surface area contributed by atoms with Crippen LogP contribution in [0.5, 0.6) is 0 Å². The first-order valence-corrected chi connectivity index (χ1v) is 10.4. The Hall–Kier alpha value is -0.123. The van der Waals surface area contributed by atoms with E-state index in [9.17, 15) is 0 Å². The molecule has 2 aliphatic rings. The lowest BCUT2D eigenvalue weighted by Crippen LogP contribution is -2.51. The zero-order valence-electron chi connectivity index (χ0n) is 12.8. The molecule has 0 unspecified atom stereocenters. The van der Waals surface area contributed by atoms with Crippen molar-refractivity contribution < 1.29 is 0 Å². The normalized spacial score (nSPS) is 24.1. The van der Waals surface area contributed by atoms with Crippen molar-refractivity contribution in [2.75, 3.05) is 26.2 Å². The molecule has 2 fully saturated rings. The fraction of sp³-hybridized carbons (Fsp3) is 0.875. The van der Waals surface area contributed by atoms with Crippen LogP contribution in [0.15, 0.2) is 11.8 Å². The summed E-state index contributed by atoms with van der Waals surface area (Å²) < 4.78 is 0. The summed E-state index contributed by atoms with van der Waals surface area (Å²) in [5.41, 5.74) is 2.53. The molecule has 110 valence electrons. The Morgan fingerprint density at radius 2 is 1.42 bits per heavy atom. The quantitative estimate of drug-likeness (QED) is 0.690. The first-order valence-electron chi connectivity index (χ1n) is 8.55. The van der Waals surface area contributed by atoms with Gasteiger partial charge in [0.15, 0.2) is 0 Å². The van der Waals surface area contributed by atoms with Crippen molar-refractivity contribution in [3.63, 3.8) is 0 Å². The summed E-state index contributed by atoms with van der Waals surface area (Å²) >= 11 is 0. The van der Waals surface area contributed by atoms with Crippen LogP contribution in [0.1, 0.15) is 51.9 Å². The lowest BCUT2D eigenvalue weighted by molar-refractivity contribution is 0.0191. The maximum Gasteiger partial charge on any atom is 0.0657 e. The van der Waals surface area contributed by atoms with Crippen LogP contribution in [0.2, 0.25) is 6.04 Å². The molecule has 0 aromatic carbocycles. The van der Waals surface area contributed by atoms with Gasteiger partial charge < -0.3 is 0 Å². The van der Waals surface area contributed by atoms with Gasteiger partial charge in [0.25, 0.3) is 0 Å². The molecule has 19 heavy (non-hydrogen) atoms. The third kappa shape index (κ3) is 5.05. The van der Waals surface area contributed by atoms with Crippen molar-refractivity contribution in [2.24, 2.45) is 0 Å². The molecule has 0 N–H and O–H groups in total. The summed E-state index contributed by atoms with van der Waals surface area (Å²) in [5.74, 6) is 0. The Labute approximate surface area is 122 Å². The minimum Gasteiger partial charge on any atom is -0.288 e. The maximum absolute atomic E-state index is 2.77. The molecule has 0 spiro atoms. The molecule has 3 heteroatoms. The molecule has 2 rings (SSSR count). The van der Waals surface area contributed by atoms with Crippen molar-refractivity contribution in [1.82, 2.24) is 9.80 Å². The largest absolute Gasteiger partial charge is 0.288 e. The highest BCUT2D eigenvalue weighted by Crippen LogP contribution is 2.21. The van der Waals surface area contributed by atoms with Gasteiger partial charge in [-0.1, -0.05) is 31.9 Å². The highest BCUT2D eigenvalue weighted by atomic mass is 28.2. The maximum atomic E-state index is 2.77. The summed E-state index contributed by atoms with van der Waals surface area (Å²) in [6.45, 7) is 7.66. The summed E-state index contributed by atoms with van der Waals surface area (Å²) in [5, 5.41) is 0. The van der Waals surface area contributed by atoms with E-state index in [-0.39, 0.29) is 9.52 Å². The Morgan fingerprint density at radius 3 is 1.89 bits per heavy atom. The molecule has 0 saturated carbocycles. The average Bonchev–Trinajstić information content (AvgIpc) is 2.49. The van der Waals surface area contributed by atoms with Crippen molar-refractivity contribution >= 4 is 9.52 Å². The molecule has 2 nitrogen and oxygen atoms in total. The number of nitrogens with zero attached hydrogens (tertiary/aromatic N) is 2. The van der Waals surface area contributed by atoms with Crippen molar-refractivity contribution in [2.45, 2.75) is 64.1 Å². The van der Waals surface area contributed by atoms with Gasteiger partial charge in [-0.25, -0.2) is 0 Å². The van der Waals surface area contributed by atoms with E-state index >= 15 is 0 Å². The minimum atomic E-state index is 0.104. The summed E-state index contributed by atoms with van der Waals surface area (Å²) in [6, 6.07) is 1.41. The van der Waals surface area contributed by atoms with E-state index in [0.29, 0.717) is 6.17 Å². The number of piperidine rings is 2. The average molecular weight is 281 g/mol. The van der Waals surface area contributed by atoms with E-state index < -0.39 is 0 Å². The van der Waals surface area contributed by atoms with Crippen LogP contribution < -0.4 is 0 Å². The second-order valence-electron chi connectivity index (χ2n) is 6.17. The topological polar surface area (TPSA) is 6.48 Å². The summed E-state index contributed by atoms with van der Waals surface area (Å²) in [4.78, 5) is 5.54. The first-order chi connectivity index (χ1) is 9.42. The molecule has 0 atom stereocenters. The van der Waals surface area contributed by atoms with E-state index in [2.05, 4.69) is 28.5 Å². The van der Waals surface area contributed by atoms with Crippen LogP contribution in [0.25, 0.3) is 0 Å². The molecule has 2 heterocycles. The third-order valence-electron chi connectivity index (χ3n) is 4.59. The van der Waals surface area contributed by atoms with Crippen LogP contribution in [0, 0.1) is 0 Å². The van der Waals surface area contributed by atoms with E-state index in [4.69, 9.17) is 0 Å². The lowest BCUT2D eigenvalue weighted by Gasteiger charge is -2.42. The molecule has 2 saturated heterocycles. The van der Waals surface area contributed by atoms with Crippen molar-refractivity contribution in [3.05, 3.63) is 11.8 Å². The van der Waals surface area contributed by atoms with Crippen LogP contribution >= 0.6 is 0 Å². The fourth-order valence-corrected chi connectivity index (χ4v) is 4.23. The van der Waals surface area contributed by atoms with E-state index in [1.807, 2.05) is 0 Å². The van der Waals surface area contributed by atoms with Gasteiger partial charge in [0.2, 0.25) is 0 Å². The molecule has 2 aliphatic heterocycles. The van der Waals surface area contributed by atoms with Crippen LogP contribution in [-0.4, -0.2) is 51.7 Å². The Bertz CT molecular complexity index is 237. The van der Waals surface area contributed by atoms with Crippen LogP contribution in [0.4, 0.5) is 0 Å². The van der Waals surface area contributed by atoms with E-state index in [1.54, 1.807) is 0 Å². The highest BCUT2D eigenvalue weighted by molar-refractivity contribution is 6.41. The van der Waals surface area contributed by atoms with E-state index in [0.717, 1.165) is 0 Å². The Balaban J connectivity index is 1.90. The standard InChI is InChI=1S/C16H32N2Si/c1-2-19-15-9-10-16(17-11-5-3-6-12-17)18-13-7-4-8-14-18/h9,15-16H,2-8,10-14,19H2,1H3. The molecule has 0 radical (unpaired) electrons. The molecular formula is C16H32N2Si. The van der Waals surface area contributed by atoms with Crippen molar-refractivity contribution in [3.8, 4) is 0 Å². The van der Waals surface area contributed by atoms with Gasteiger partial charge >= 0.3 is 0 Å². The highest BCUT2D eigenvalue weighted by Gasteiger charge is 2.26. The number of hydrogen-bond donors (Lipinski definition) is 0. The predicted molar refractivity (Wildman–Crippen MR) is 87.4 cm³/mol. The van der Waals surface area contributed by atoms with Crippen LogP contribution in [-0.2, 0) is 0 Å². The number of rotatable bonds is 6. The SMILES string of the molecule is CC[SiH2]C=CCC(N1CCCCC1)N1CCCCC1. The second kappa shape index (κ2) is 8.93. The smallest absolute Gasteiger partial charge is 0.0657 e. The number of likely N-dealkylation sites (tertiary alicyclic amines) is 2. The first kappa shape index (κ1) is 15.3. The van der Waals surface area contributed by atoms with Crippen LogP contribution in [0.3, 0.4) is 0 Å². The molecule has 0 bridgehead atoms. The molecule has 0 aromatic rings. The minimum absolute atomic E-state index is 0.104. The lowest BCUT2D eigenvalue weighted by atomic mass is 10.1. The second-order valence-corrected chi connectivity index (χ2v) is 8.22. The third-order valence-corrected chi connectivity index (χ3v) is 5.84. The molecule has 0 aromatic heterocycles. The van der Waals surface area contributed by atoms with Gasteiger partial charge in [0.1, 0.15) is 0 Å². The Kier molecular flexibility index (Phi) is 7.18. The van der Waals surface area contributed by atoms with Gasteiger partial charge in [-0.3, -0.25) is 9.80 Å². The predicted octanol–water partition coefficient (Wildman–Crippen LogP) is 2.80. The monoisotopic (exact) mass is 280 g/mol. The molecule has 0 aliphatic carbocycles. The van der Waals surface area contributed by atoms with Gasteiger partial charge in [-0.2, -0.15) is 0 Å². The zero-order valence-corrected chi connectivity index (χ0v) is 14.2. The van der Waals surface area contributed by atoms with Gasteiger partial charge in [0.05, 0.1) is 6.17 Å². The Morgan fingerprint density at radius 1 is 0.895 bits per heavy atom. The van der Waals surface area contributed by atoms with Crippen molar-refractivity contribution in [1.29, 1.82) is 0 Å². The molecule has 0 amide bonds. The zero-order chi connectivity index (χ0) is 13.3. The van der Waals surface area contributed by atoms with Gasteiger partial charge in [-0.15, -0.1) is 5.70 Å². The van der Waals surface area contributed by atoms with E-state index in [1.165, 1.54) is 77.2 Å². The summed E-state index contributed by atoms with van der Waals surface area (Å²) in [6.07, 6.45) is 13.0. The van der Waals surface area contributed by atoms with Gasteiger partial charge in [0, 0.05) is 9.52 Å². The fourth-order valence-electron chi connectivity index (χ4n) is 3.46. The van der Waals surface area contributed by atoms with Gasteiger partial charge in [-0.05, 0) is 58.3 Å². The molecular weight excluding hydrogens is 248 g/mol.